The SMILES string of the molecule is COc1cc(F)c([C@@H]2CN(c3cccnc3P(C)(C)=O)C(=O)C2NC(=O)c2ccc(OC(F)F)cc2)c(F)c1. The van der Waals surface area contributed by atoms with Gasteiger partial charge in [-0.2, -0.15) is 8.78 Å². The second kappa shape index (κ2) is 11.1. The Balaban J connectivity index is 1.74. The Hall–Kier alpha value is -3.92. The minimum atomic E-state index is -3.05. The van der Waals surface area contributed by atoms with Gasteiger partial charge in [0.15, 0.2) is 0 Å². The highest BCUT2D eigenvalue weighted by Crippen LogP contribution is 2.41. The van der Waals surface area contributed by atoms with Gasteiger partial charge in [0.25, 0.3) is 5.91 Å². The van der Waals surface area contributed by atoms with E-state index < -0.39 is 54.7 Å². The van der Waals surface area contributed by atoms with Gasteiger partial charge in [-0.1, -0.05) is 0 Å². The van der Waals surface area contributed by atoms with Gasteiger partial charge in [0.1, 0.15) is 41.8 Å². The highest BCUT2D eigenvalue weighted by atomic mass is 31.2. The van der Waals surface area contributed by atoms with E-state index in [0.29, 0.717) is 0 Å². The van der Waals surface area contributed by atoms with E-state index in [9.17, 15) is 22.9 Å². The topological polar surface area (TPSA) is 97.8 Å². The van der Waals surface area contributed by atoms with Crippen molar-refractivity contribution in [2.45, 2.75) is 18.6 Å². The molecule has 0 bridgehead atoms. The number of amides is 2. The second-order valence-corrected chi connectivity index (χ2v) is 12.2. The van der Waals surface area contributed by atoms with E-state index in [1.54, 1.807) is 0 Å². The molecule has 0 saturated carbocycles. The Morgan fingerprint density at radius 1 is 1.10 bits per heavy atom. The first kappa shape index (κ1) is 28.1. The Bertz CT molecular complexity index is 1420. The number of hydrogen-bond donors (Lipinski definition) is 1. The lowest BCUT2D eigenvalue weighted by Gasteiger charge is -2.21. The number of rotatable bonds is 8. The minimum Gasteiger partial charge on any atom is -0.497 e. The van der Waals surface area contributed by atoms with Gasteiger partial charge in [0.05, 0.1) is 12.8 Å². The number of anilines is 1. The van der Waals surface area contributed by atoms with E-state index >= 15 is 8.78 Å². The fraction of sp³-hybridized carbons (Fsp3) is 0.269. The normalized spacial score (nSPS) is 17.4. The molecule has 1 aromatic heterocycles. The molecule has 1 unspecified atom stereocenters. The molecular formula is C26H24F4N3O5P. The molecule has 2 heterocycles. The van der Waals surface area contributed by atoms with Crippen LogP contribution in [0.15, 0.2) is 54.7 Å². The number of nitrogens with zero attached hydrogens (tertiary/aromatic N) is 2. The molecular weight excluding hydrogens is 541 g/mol. The lowest BCUT2D eigenvalue weighted by molar-refractivity contribution is -0.118. The molecule has 2 aromatic carbocycles. The van der Waals surface area contributed by atoms with Crippen molar-refractivity contribution in [1.82, 2.24) is 10.3 Å². The molecule has 13 heteroatoms. The fourth-order valence-corrected chi connectivity index (χ4v) is 5.52. The van der Waals surface area contributed by atoms with E-state index in [-0.39, 0.29) is 34.7 Å². The van der Waals surface area contributed by atoms with Crippen molar-refractivity contribution < 1.29 is 41.2 Å². The predicted octanol–water partition coefficient (Wildman–Crippen LogP) is 4.15. The van der Waals surface area contributed by atoms with Crippen LogP contribution in [0.4, 0.5) is 23.2 Å². The van der Waals surface area contributed by atoms with Crippen LogP contribution in [-0.4, -0.2) is 56.4 Å². The molecule has 3 aromatic rings. The summed E-state index contributed by atoms with van der Waals surface area (Å²) in [6.07, 6.45) is 1.42. The molecule has 1 N–H and O–H groups in total. The molecule has 4 rings (SSSR count). The Kier molecular flexibility index (Phi) is 7.96. The summed E-state index contributed by atoms with van der Waals surface area (Å²) in [6.45, 7) is -0.370. The summed E-state index contributed by atoms with van der Waals surface area (Å²) >= 11 is 0. The maximum atomic E-state index is 15.2. The van der Waals surface area contributed by atoms with Gasteiger partial charge in [-0.05, 0) is 49.7 Å². The van der Waals surface area contributed by atoms with Gasteiger partial charge in [-0.3, -0.25) is 14.6 Å². The summed E-state index contributed by atoms with van der Waals surface area (Å²) in [5.74, 6) is -4.92. The summed E-state index contributed by atoms with van der Waals surface area (Å²) in [5, 5.41) is 2.52. The first-order chi connectivity index (χ1) is 18.4. The summed E-state index contributed by atoms with van der Waals surface area (Å²) in [6, 6.07) is 8.24. The largest absolute Gasteiger partial charge is 0.497 e. The van der Waals surface area contributed by atoms with Gasteiger partial charge in [0.2, 0.25) is 5.91 Å². The minimum absolute atomic E-state index is 0.00836. The maximum absolute atomic E-state index is 15.2. The molecule has 1 saturated heterocycles. The lowest BCUT2D eigenvalue weighted by Crippen LogP contribution is -2.44. The van der Waals surface area contributed by atoms with Crippen LogP contribution >= 0.6 is 7.14 Å². The van der Waals surface area contributed by atoms with Crippen molar-refractivity contribution in [2.24, 2.45) is 0 Å². The van der Waals surface area contributed by atoms with Crippen LogP contribution in [0.25, 0.3) is 0 Å². The Morgan fingerprint density at radius 3 is 2.31 bits per heavy atom. The Morgan fingerprint density at radius 2 is 1.74 bits per heavy atom. The van der Waals surface area contributed by atoms with Crippen LogP contribution in [0.1, 0.15) is 21.8 Å². The molecule has 206 valence electrons. The summed E-state index contributed by atoms with van der Waals surface area (Å²) in [4.78, 5) is 32.1. The molecule has 0 radical (unpaired) electrons. The van der Waals surface area contributed by atoms with Crippen molar-refractivity contribution in [1.29, 1.82) is 0 Å². The van der Waals surface area contributed by atoms with Crippen LogP contribution in [0.5, 0.6) is 11.5 Å². The molecule has 2 amide bonds. The van der Waals surface area contributed by atoms with Crippen LogP contribution < -0.4 is 25.1 Å². The number of halogens is 4. The number of carbonyl (C=O) groups excluding carboxylic acids is 2. The molecule has 0 aliphatic carbocycles. The number of hydrogen-bond acceptors (Lipinski definition) is 6. The molecule has 39 heavy (non-hydrogen) atoms. The van der Waals surface area contributed by atoms with Crippen molar-refractivity contribution in [3.05, 3.63) is 77.5 Å². The monoisotopic (exact) mass is 565 g/mol. The molecule has 1 fully saturated rings. The third-order valence-corrected chi connectivity index (χ3v) is 7.53. The van der Waals surface area contributed by atoms with E-state index in [4.69, 9.17) is 4.74 Å². The highest BCUT2D eigenvalue weighted by Gasteiger charge is 2.46. The number of alkyl halides is 2. The summed E-state index contributed by atoms with van der Waals surface area (Å²) in [7, 11) is -1.75. The fourth-order valence-electron chi connectivity index (χ4n) is 4.43. The standard InChI is InChI=1S/C26H24F4N3O5P/c1-37-16-11-18(27)21(19(28)12-16)17-13-33(20-5-4-10-31-24(20)39(2,3)36)25(35)22(17)32-23(34)14-6-8-15(9-7-14)38-26(29)30/h4-12,17,22,26H,13H2,1-3H3,(H,32,34)/t17-,22?/m0/s1. The second-order valence-electron chi connectivity index (χ2n) is 9.11. The van der Waals surface area contributed by atoms with Gasteiger partial charge in [0, 0.05) is 41.9 Å². The lowest BCUT2D eigenvalue weighted by atomic mass is 9.92. The van der Waals surface area contributed by atoms with Crippen molar-refractivity contribution in [2.75, 3.05) is 31.9 Å². The number of carbonyl (C=O) groups is 2. The number of nitrogens with one attached hydrogen (secondary N) is 1. The average Bonchev–Trinajstić information content (AvgIpc) is 3.18. The predicted molar refractivity (Wildman–Crippen MR) is 136 cm³/mol. The van der Waals surface area contributed by atoms with E-state index in [2.05, 4.69) is 15.0 Å². The van der Waals surface area contributed by atoms with E-state index in [1.807, 2.05) is 0 Å². The van der Waals surface area contributed by atoms with Crippen molar-refractivity contribution in [3.8, 4) is 11.5 Å². The summed E-state index contributed by atoms with van der Waals surface area (Å²) < 4.78 is 77.3. The number of methoxy groups -OCH3 is 1. The summed E-state index contributed by atoms with van der Waals surface area (Å²) in [5.41, 5.74) is -0.111. The molecule has 2 atom stereocenters. The molecule has 8 nitrogen and oxygen atoms in total. The molecule has 0 spiro atoms. The van der Waals surface area contributed by atoms with Crippen LogP contribution in [0.2, 0.25) is 0 Å². The van der Waals surface area contributed by atoms with Crippen LogP contribution in [-0.2, 0) is 9.36 Å². The third kappa shape index (κ3) is 5.90. The first-order valence-corrected chi connectivity index (χ1v) is 14.2. The number of aromatic nitrogens is 1. The zero-order valence-electron chi connectivity index (χ0n) is 21.0. The van der Waals surface area contributed by atoms with Crippen LogP contribution in [0.3, 0.4) is 0 Å². The van der Waals surface area contributed by atoms with Gasteiger partial charge >= 0.3 is 6.61 Å². The molecule has 1 aliphatic rings. The van der Waals surface area contributed by atoms with Crippen LogP contribution in [0, 0.1) is 11.6 Å². The number of ether oxygens (including phenoxy) is 2. The van der Waals surface area contributed by atoms with Gasteiger partial charge < -0.3 is 24.3 Å². The zero-order valence-corrected chi connectivity index (χ0v) is 21.9. The zero-order chi connectivity index (χ0) is 28.5. The highest BCUT2D eigenvalue weighted by molar-refractivity contribution is 7.70. The van der Waals surface area contributed by atoms with Gasteiger partial charge in [-0.25, -0.2) is 8.78 Å². The maximum Gasteiger partial charge on any atom is 0.387 e. The number of benzene rings is 2. The quantitative estimate of drug-likeness (QED) is 0.326. The van der Waals surface area contributed by atoms with Crippen molar-refractivity contribution >= 4 is 30.1 Å². The molecule has 1 aliphatic heterocycles. The van der Waals surface area contributed by atoms with Crippen molar-refractivity contribution in [3.63, 3.8) is 0 Å². The number of pyridine rings is 1. The Labute approximate surface area is 221 Å². The first-order valence-electron chi connectivity index (χ1n) is 11.6. The van der Waals surface area contributed by atoms with E-state index in [1.165, 1.54) is 55.8 Å². The van der Waals surface area contributed by atoms with E-state index in [0.717, 1.165) is 24.3 Å². The third-order valence-electron chi connectivity index (χ3n) is 6.17. The smallest absolute Gasteiger partial charge is 0.387 e. The van der Waals surface area contributed by atoms with Gasteiger partial charge in [-0.15, -0.1) is 0 Å². The average molecular weight is 565 g/mol.